The summed E-state index contributed by atoms with van der Waals surface area (Å²) in [5.74, 6) is 1.81. The first-order valence-electron chi connectivity index (χ1n) is 7.78. The summed E-state index contributed by atoms with van der Waals surface area (Å²) in [4.78, 5) is 12.8. The van der Waals surface area contributed by atoms with E-state index in [-0.39, 0.29) is 24.0 Å². The third kappa shape index (κ3) is 6.81. The summed E-state index contributed by atoms with van der Waals surface area (Å²) < 4.78 is 1.09. The van der Waals surface area contributed by atoms with Crippen LogP contribution in [0.5, 0.6) is 0 Å². The zero-order chi connectivity index (χ0) is 17.5. The summed E-state index contributed by atoms with van der Waals surface area (Å²) in [5, 5.41) is 3.40. The van der Waals surface area contributed by atoms with Gasteiger partial charge in [-0.15, -0.1) is 24.0 Å². The van der Waals surface area contributed by atoms with Gasteiger partial charge >= 0.3 is 0 Å². The van der Waals surface area contributed by atoms with Gasteiger partial charge in [0.1, 0.15) is 5.82 Å². The summed E-state index contributed by atoms with van der Waals surface area (Å²) in [6, 6.07) is 12.4. The average Bonchev–Trinajstić information content (AvgIpc) is 2.57. The van der Waals surface area contributed by atoms with Crippen molar-refractivity contribution in [3.05, 3.63) is 58.2 Å². The second kappa shape index (κ2) is 10.6. The van der Waals surface area contributed by atoms with Crippen LogP contribution in [-0.2, 0) is 13.1 Å². The summed E-state index contributed by atoms with van der Waals surface area (Å²) in [5.41, 5.74) is 2.41. The second-order valence-corrected chi connectivity index (χ2v) is 6.72. The van der Waals surface area contributed by atoms with Gasteiger partial charge in [0, 0.05) is 51.9 Å². The van der Waals surface area contributed by atoms with Crippen molar-refractivity contribution in [2.75, 3.05) is 33.1 Å². The van der Waals surface area contributed by atoms with Crippen LogP contribution >= 0.6 is 39.9 Å². The molecule has 0 saturated carbocycles. The number of pyridine rings is 1. The van der Waals surface area contributed by atoms with Crippen LogP contribution in [0.15, 0.2) is 52.1 Å². The van der Waals surface area contributed by atoms with Gasteiger partial charge in [-0.1, -0.05) is 28.1 Å². The molecule has 2 aromatic rings. The average molecular weight is 518 g/mol. The molecule has 0 atom stereocenters. The molecule has 0 unspecified atom stereocenters. The number of nitrogens with one attached hydrogen (secondary N) is 1. The number of hydrogen-bond donors (Lipinski definition) is 1. The third-order valence-corrected chi connectivity index (χ3v) is 4.15. The number of halogens is 2. The molecular weight excluding hydrogens is 493 g/mol. The van der Waals surface area contributed by atoms with Gasteiger partial charge in [-0.25, -0.2) is 4.98 Å². The minimum Gasteiger partial charge on any atom is -0.363 e. The molecule has 1 aromatic heterocycles. The maximum absolute atomic E-state index is 4.37. The highest BCUT2D eigenvalue weighted by molar-refractivity contribution is 14.0. The van der Waals surface area contributed by atoms with Crippen LogP contribution in [0.4, 0.5) is 5.82 Å². The van der Waals surface area contributed by atoms with E-state index in [4.69, 9.17) is 0 Å². The summed E-state index contributed by atoms with van der Waals surface area (Å²) in [7, 11) is 7.82. The van der Waals surface area contributed by atoms with E-state index in [1.807, 2.05) is 38.3 Å². The zero-order valence-corrected chi connectivity index (χ0v) is 18.9. The largest absolute Gasteiger partial charge is 0.363 e. The van der Waals surface area contributed by atoms with Gasteiger partial charge in [0.2, 0.25) is 0 Å². The molecule has 5 nitrogen and oxygen atoms in total. The summed E-state index contributed by atoms with van der Waals surface area (Å²) in [6.07, 6.45) is 1.83. The van der Waals surface area contributed by atoms with Crippen LogP contribution in [0.1, 0.15) is 11.1 Å². The van der Waals surface area contributed by atoms with Crippen molar-refractivity contribution in [1.82, 2.24) is 15.2 Å². The molecule has 0 radical (unpaired) electrons. The summed E-state index contributed by atoms with van der Waals surface area (Å²) >= 11 is 3.46. The van der Waals surface area contributed by atoms with Gasteiger partial charge in [-0.3, -0.25) is 4.99 Å². The number of aromatic nitrogens is 1. The van der Waals surface area contributed by atoms with Crippen LogP contribution in [0.25, 0.3) is 0 Å². The first-order valence-corrected chi connectivity index (χ1v) is 8.57. The SMILES string of the molecule is CN=C(NCc1ccnc(N(C)C)c1)N(C)Cc1ccc(Br)cc1.I. The Hall–Kier alpha value is -1.35. The van der Waals surface area contributed by atoms with Crippen molar-refractivity contribution in [1.29, 1.82) is 0 Å². The van der Waals surface area contributed by atoms with Gasteiger partial charge in [0.25, 0.3) is 0 Å². The number of anilines is 1. The first kappa shape index (κ1) is 21.7. The normalized spacial score (nSPS) is 10.8. The molecule has 0 aliphatic carbocycles. The lowest BCUT2D eigenvalue weighted by Gasteiger charge is -2.22. The van der Waals surface area contributed by atoms with Crippen LogP contribution in [0.2, 0.25) is 0 Å². The Morgan fingerprint density at radius 3 is 2.40 bits per heavy atom. The molecule has 1 heterocycles. The third-order valence-electron chi connectivity index (χ3n) is 3.63. The number of benzene rings is 1. The van der Waals surface area contributed by atoms with Gasteiger partial charge < -0.3 is 15.1 Å². The Morgan fingerprint density at radius 1 is 1.12 bits per heavy atom. The van der Waals surface area contributed by atoms with Gasteiger partial charge in [-0.05, 0) is 35.4 Å². The fourth-order valence-corrected chi connectivity index (χ4v) is 2.58. The van der Waals surface area contributed by atoms with Gasteiger partial charge in [0.15, 0.2) is 5.96 Å². The molecule has 0 amide bonds. The lowest BCUT2D eigenvalue weighted by molar-refractivity contribution is 0.476. The molecule has 0 spiro atoms. The zero-order valence-electron chi connectivity index (χ0n) is 15.0. The molecule has 0 aliphatic rings. The van der Waals surface area contributed by atoms with E-state index in [0.717, 1.165) is 22.8 Å². The Kier molecular flexibility index (Phi) is 9.20. The topological polar surface area (TPSA) is 43.8 Å². The Bertz CT molecular complexity index is 688. The van der Waals surface area contributed by atoms with E-state index in [1.165, 1.54) is 11.1 Å². The Balaban J connectivity index is 0.00000312. The molecule has 136 valence electrons. The van der Waals surface area contributed by atoms with Crippen molar-refractivity contribution >= 4 is 51.7 Å². The summed E-state index contributed by atoms with van der Waals surface area (Å²) in [6.45, 7) is 1.51. The molecule has 0 aliphatic heterocycles. The van der Waals surface area contributed by atoms with Crippen LogP contribution < -0.4 is 10.2 Å². The highest BCUT2D eigenvalue weighted by atomic mass is 127. The van der Waals surface area contributed by atoms with E-state index in [0.29, 0.717) is 6.54 Å². The maximum Gasteiger partial charge on any atom is 0.193 e. The molecular formula is C18H25BrIN5. The fourth-order valence-electron chi connectivity index (χ4n) is 2.32. The minimum atomic E-state index is 0. The standard InChI is InChI=1S/C18H24BrN5.HI/c1-20-18(24(4)13-14-5-7-16(19)8-6-14)22-12-15-9-10-21-17(11-15)23(2)3;/h5-11H,12-13H2,1-4H3,(H,20,22);1H. The highest BCUT2D eigenvalue weighted by Crippen LogP contribution is 2.12. The fraction of sp³-hybridized carbons (Fsp3) is 0.333. The lowest BCUT2D eigenvalue weighted by Crippen LogP contribution is -2.38. The lowest BCUT2D eigenvalue weighted by atomic mass is 10.2. The second-order valence-electron chi connectivity index (χ2n) is 5.80. The van der Waals surface area contributed by atoms with Crippen LogP contribution in [-0.4, -0.2) is 44.0 Å². The molecule has 7 heteroatoms. The molecule has 2 rings (SSSR count). The quantitative estimate of drug-likeness (QED) is 0.373. The Labute approximate surface area is 175 Å². The molecule has 1 aromatic carbocycles. The first-order chi connectivity index (χ1) is 11.5. The minimum absolute atomic E-state index is 0. The number of hydrogen-bond acceptors (Lipinski definition) is 3. The van der Waals surface area contributed by atoms with Gasteiger partial charge in [0.05, 0.1) is 0 Å². The smallest absolute Gasteiger partial charge is 0.193 e. The van der Waals surface area contributed by atoms with E-state index >= 15 is 0 Å². The number of rotatable bonds is 5. The Morgan fingerprint density at radius 2 is 1.80 bits per heavy atom. The molecule has 1 N–H and O–H groups in total. The number of nitrogens with zero attached hydrogens (tertiary/aromatic N) is 4. The molecule has 0 bridgehead atoms. The van der Waals surface area contributed by atoms with Crippen LogP contribution in [0.3, 0.4) is 0 Å². The molecule has 25 heavy (non-hydrogen) atoms. The van der Waals surface area contributed by atoms with Crippen molar-refractivity contribution < 1.29 is 0 Å². The van der Waals surface area contributed by atoms with Gasteiger partial charge in [-0.2, -0.15) is 0 Å². The van der Waals surface area contributed by atoms with Crippen molar-refractivity contribution in [3.8, 4) is 0 Å². The molecule has 0 fully saturated rings. The number of guanidine groups is 1. The monoisotopic (exact) mass is 517 g/mol. The highest BCUT2D eigenvalue weighted by Gasteiger charge is 2.07. The van der Waals surface area contributed by atoms with E-state index in [2.05, 4.69) is 66.5 Å². The van der Waals surface area contributed by atoms with E-state index < -0.39 is 0 Å². The van der Waals surface area contributed by atoms with E-state index in [1.54, 1.807) is 7.05 Å². The van der Waals surface area contributed by atoms with Crippen molar-refractivity contribution in [2.24, 2.45) is 4.99 Å². The predicted octanol–water partition coefficient (Wildman–Crippen LogP) is 3.74. The van der Waals surface area contributed by atoms with E-state index in [9.17, 15) is 0 Å². The maximum atomic E-state index is 4.37. The number of aliphatic imine (C=N–C) groups is 1. The van der Waals surface area contributed by atoms with Crippen molar-refractivity contribution in [3.63, 3.8) is 0 Å². The molecule has 0 saturated heterocycles. The predicted molar refractivity (Wildman–Crippen MR) is 120 cm³/mol. The van der Waals surface area contributed by atoms with Crippen LogP contribution in [0, 0.1) is 0 Å². The van der Waals surface area contributed by atoms with Crippen molar-refractivity contribution in [2.45, 2.75) is 13.1 Å².